The van der Waals surface area contributed by atoms with Crippen molar-refractivity contribution in [3.05, 3.63) is 52.3 Å². The topological polar surface area (TPSA) is 74.8 Å². The van der Waals surface area contributed by atoms with Gasteiger partial charge in [-0.05, 0) is 51.1 Å². The zero-order chi connectivity index (χ0) is 15.6. The predicted molar refractivity (Wildman–Crippen MR) is 77.5 cm³/mol. The third kappa shape index (κ3) is 3.98. The molecule has 0 atom stereocenters. The standard InChI is InChI=1S/C15H16FN3O2/c1-15(2,3)19-13(20)12-8-11(17-14(21)18-12)9-4-6-10(16)7-5-9/h4-8H,1-3H3,(H,19,20)(H,17,18,21). The number of halogens is 1. The van der Waals surface area contributed by atoms with Gasteiger partial charge in [-0.15, -0.1) is 0 Å². The number of nitrogens with zero attached hydrogens (tertiary/aromatic N) is 1. The Labute approximate surface area is 121 Å². The van der Waals surface area contributed by atoms with Crippen molar-refractivity contribution in [2.45, 2.75) is 26.3 Å². The monoisotopic (exact) mass is 289 g/mol. The van der Waals surface area contributed by atoms with Gasteiger partial charge in [0.05, 0.1) is 5.69 Å². The molecule has 0 aliphatic rings. The number of nitrogens with one attached hydrogen (secondary N) is 2. The van der Waals surface area contributed by atoms with Crippen LogP contribution in [0.25, 0.3) is 11.3 Å². The van der Waals surface area contributed by atoms with Crippen molar-refractivity contribution in [2.75, 3.05) is 0 Å². The average Bonchev–Trinajstić information content (AvgIpc) is 2.36. The lowest BCUT2D eigenvalue weighted by atomic mass is 10.1. The molecule has 0 saturated carbocycles. The van der Waals surface area contributed by atoms with Crippen molar-refractivity contribution in [1.29, 1.82) is 0 Å². The van der Waals surface area contributed by atoms with E-state index in [-0.39, 0.29) is 11.5 Å². The van der Waals surface area contributed by atoms with Crippen molar-refractivity contribution in [3.8, 4) is 11.3 Å². The fourth-order valence-corrected chi connectivity index (χ4v) is 1.76. The van der Waals surface area contributed by atoms with E-state index in [1.807, 2.05) is 20.8 Å². The van der Waals surface area contributed by atoms with Gasteiger partial charge in [0.2, 0.25) is 0 Å². The fraction of sp³-hybridized carbons (Fsp3) is 0.267. The normalized spacial score (nSPS) is 11.2. The van der Waals surface area contributed by atoms with E-state index >= 15 is 0 Å². The Hall–Kier alpha value is -2.50. The Morgan fingerprint density at radius 3 is 2.43 bits per heavy atom. The van der Waals surface area contributed by atoms with Gasteiger partial charge in [-0.2, -0.15) is 4.98 Å². The molecule has 0 fully saturated rings. The van der Waals surface area contributed by atoms with Gasteiger partial charge in [-0.1, -0.05) is 0 Å². The Bertz CT molecular complexity index is 715. The minimum Gasteiger partial charge on any atom is -0.346 e. The molecule has 0 unspecified atom stereocenters. The molecule has 6 heteroatoms. The number of carbonyl (C=O) groups excluding carboxylic acids is 1. The molecule has 2 aromatic rings. The first-order valence-corrected chi connectivity index (χ1v) is 6.44. The van der Waals surface area contributed by atoms with Crippen LogP contribution in [-0.2, 0) is 0 Å². The summed E-state index contributed by atoms with van der Waals surface area (Å²) in [6.07, 6.45) is 0. The van der Waals surface area contributed by atoms with Crippen LogP contribution >= 0.6 is 0 Å². The molecule has 0 saturated heterocycles. The second-order valence-corrected chi connectivity index (χ2v) is 5.70. The highest BCUT2D eigenvalue weighted by Crippen LogP contribution is 2.16. The second-order valence-electron chi connectivity index (χ2n) is 5.70. The predicted octanol–water partition coefficient (Wildman–Crippen LogP) is 2.10. The molecule has 0 aliphatic carbocycles. The first-order valence-electron chi connectivity index (χ1n) is 6.44. The zero-order valence-corrected chi connectivity index (χ0v) is 12.0. The molecule has 110 valence electrons. The van der Waals surface area contributed by atoms with Crippen LogP contribution in [0, 0.1) is 5.82 Å². The van der Waals surface area contributed by atoms with Crippen molar-refractivity contribution < 1.29 is 9.18 Å². The Kier molecular flexibility index (Phi) is 3.88. The smallest absolute Gasteiger partial charge is 0.346 e. The Morgan fingerprint density at radius 2 is 1.86 bits per heavy atom. The highest BCUT2D eigenvalue weighted by atomic mass is 19.1. The summed E-state index contributed by atoms with van der Waals surface area (Å²) in [6, 6.07) is 7.01. The molecule has 1 amide bonds. The first kappa shape index (κ1) is 14.9. The van der Waals surface area contributed by atoms with Gasteiger partial charge in [-0.3, -0.25) is 4.79 Å². The van der Waals surface area contributed by atoms with Crippen LogP contribution in [-0.4, -0.2) is 21.4 Å². The number of benzene rings is 1. The Morgan fingerprint density at radius 1 is 1.24 bits per heavy atom. The molecule has 1 aromatic carbocycles. The number of rotatable bonds is 2. The number of hydrogen-bond donors (Lipinski definition) is 2. The lowest BCUT2D eigenvalue weighted by molar-refractivity contribution is 0.0914. The summed E-state index contributed by atoms with van der Waals surface area (Å²) in [5.41, 5.74) is -0.0574. The summed E-state index contributed by atoms with van der Waals surface area (Å²) in [5.74, 6) is -0.778. The van der Waals surface area contributed by atoms with Gasteiger partial charge in [0.15, 0.2) is 0 Å². The van der Waals surface area contributed by atoms with Gasteiger partial charge >= 0.3 is 5.69 Å². The van der Waals surface area contributed by atoms with E-state index in [1.165, 1.54) is 30.3 Å². The lowest BCUT2D eigenvalue weighted by Crippen LogP contribution is -2.41. The summed E-state index contributed by atoms with van der Waals surface area (Å²) >= 11 is 0. The van der Waals surface area contributed by atoms with Crippen LogP contribution in [0.15, 0.2) is 35.1 Å². The summed E-state index contributed by atoms with van der Waals surface area (Å²) in [4.78, 5) is 29.9. The molecular formula is C15H16FN3O2. The molecule has 1 heterocycles. The molecule has 2 N–H and O–H groups in total. The van der Waals surface area contributed by atoms with E-state index in [0.717, 1.165) is 0 Å². The number of aromatic amines is 1. The summed E-state index contributed by atoms with van der Waals surface area (Å²) in [5, 5.41) is 2.75. The number of aromatic nitrogens is 2. The minimum atomic E-state index is -0.629. The number of H-pyrrole nitrogens is 1. The minimum absolute atomic E-state index is 0.115. The van der Waals surface area contributed by atoms with E-state index in [1.54, 1.807) is 0 Å². The van der Waals surface area contributed by atoms with Crippen molar-refractivity contribution in [2.24, 2.45) is 0 Å². The van der Waals surface area contributed by atoms with Gasteiger partial charge < -0.3 is 10.3 Å². The van der Waals surface area contributed by atoms with Crippen molar-refractivity contribution >= 4 is 5.91 Å². The van der Waals surface area contributed by atoms with Crippen molar-refractivity contribution in [1.82, 2.24) is 15.3 Å². The highest BCUT2D eigenvalue weighted by molar-refractivity contribution is 5.93. The molecule has 21 heavy (non-hydrogen) atoms. The highest BCUT2D eigenvalue weighted by Gasteiger charge is 2.17. The molecular weight excluding hydrogens is 273 g/mol. The molecule has 2 rings (SSSR count). The maximum Gasteiger partial charge on any atom is 0.346 e. The van der Waals surface area contributed by atoms with Crippen LogP contribution in [0.5, 0.6) is 0 Å². The number of amides is 1. The first-order chi connectivity index (χ1) is 9.74. The van der Waals surface area contributed by atoms with Crippen molar-refractivity contribution in [3.63, 3.8) is 0 Å². The third-order valence-corrected chi connectivity index (χ3v) is 2.62. The zero-order valence-electron chi connectivity index (χ0n) is 12.0. The van der Waals surface area contributed by atoms with Gasteiger partial charge in [-0.25, -0.2) is 9.18 Å². The van der Waals surface area contributed by atoms with Crippen LogP contribution in [0.3, 0.4) is 0 Å². The van der Waals surface area contributed by atoms with E-state index in [0.29, 0.717) is 11.3 Å². The van der Waals surface area contributed by atoms with E-state index in [9.17, 15) is 14.0 Å². The maximum absolute atomic E-state index is 12.9. The fourth-order valence-electron chi connectivity index (χ4n) is 1.76. The van der Waals surface area contributed by atoms with Gasteiger partial charge in [0.25, 0.3) is 5.91 Å². The van der Waals surface area contributed by atoms with Crippen LogP contribution < -0.4 is 11.0 Å². The maximum atomic E-state index is 12.9. The summed E-state index contributed by atoms with van der Waals surface area (Å²) in [6.45, 7) is 5.52. The number of carbonyl (C=O) groups is 1. The van der Waals surface area contributed by atoms with Crippen LogP contribution in [0.2, 0.25) is 0 Å². The third-order valence-electron chi connectivity index (χ3n) is 2.62. The molecule has 0 spiro atoms. The molecule has 0 radical (unpaired) electrons. The average molecular weight is 289 g/mol. The van der Waals surface area contributed by atoms with E-state index < -0.39 is 17.1 Å². The molecule has 5 nitrogen and oxygen atoms in total. The SMILES string of the molecule is CC(C)(C)NC(=O)c1cc(-c2ccc(F)cc2)nc(=O)[nH]1. The summed E-state index contributed by atoms with van der Waals surface area (Å²) < 4.78 is 12.9. The van der Waals surface area contributed by atoms with E-state index in [4.69, 9.17) is 0 Å². The van der Waals surface area contributed by atoms with Gasteiger partial charge in [0, 0.05) is 11.1 Å². The number of hydrogen-bond acceptors (Lipinski definition) is 3. The second kappa shape index (κ2) is 5.47. The molecule has 1 aromatic heterocycles. The van der Waals surface area contributed by atoms with Gasteiger partial charge in [0.1, 0.15) is 11.5 Å². The quantitative estimate of drug-likeness (QED) is 0.889. The Balaban J connectivity index is 2.40. The largest absolute Gasteiger partial charge is 0.346 e. The molecule has 0 bridgehead atoms. The van der Waals surface area contributed by atoms with E-state index in [2.05, 4.69) is 15.3 Å². The molecule has 0 aliphatic heterocycles. The summed E-state index contributed by atoms with van der Waals surface area (Å²) in [7, 11) is 0. The van der Waals surface area contributed by atoms with Crippen LogP contribution in [0.4, 0.5) is 4.39 Å². The lowest BCUT2D eigenvalue weighted by Gasteiger charge is -2.20. The van der Waals surface area contributed by atoms with Crippen LogP contribution in [0.1, 0.15) is 31.3 Å².